The van der Waals surface area contributed by atoms with E-state index in [2.05, 4.69) is 20.8 Å². The highest BCUT2D eigenvalue weighted by molar-refractivity contribution is 5.92. The molecule has 0 unspecified atom stereocenters. The number of fused-ring (bicyclic) bond motifs is 1. The highest BCUT2D eigenvalue weighted by Gasteiger charge is 2.57. The summed E-state index contributed by atoms with van der Waals surface area (Å²) in [5, 5.41) is 9.78. The molecule has 136 valence electrons. The average molecular weight is 336 g/mol. The molecule has 24 heavy (non-hydrogen) atoms. The minimum atomic E-state index is -0.792. The van der Waals surface area contributed by atoms with Crippen molar-refractivity contribution >= 4 is 11.6 Å². The van der Waals surface area contributed by atoms with E-state index in [4.69, 9.17) is 4.89 Å². The van der Waals surface area contributed by atoms with Gasteiger partial charge in [0.1, 0.15) is 11.4 Å². The van der Waals surface area contributed by atoms with Crippen molar-refractivity contribution in [1.29, 1.82) is 0 Å². The summed E-state index contributed by atoms with van der Waals surface area (Å²) in [6.45, 7) is 10.2. The van der Waals surface area contributed by atoms with Gasteiger partial charge in [-0.2, -0.15) is 0 Å². The summed E-state index contributed by atoms with van der Waals surface area (Å²) in [4.78, 5) is 29.3. The van der Waals surface area contributed by atoms with Crippen LogP contribution in [0.4, 0.5) is 0 Å². The van der Waals surface area contributed by atoms with Gasteiger partial charge in [0.25, 0.3) is 0 Å². The summed E-state index contributed by atoms with van der Waals surface area (Å²) in [6.07, 6.45) is 5.72. The number of rotatable bonds is 6. The van der Waals surface area contributed by atoms with Crippen LogP contribution in [0.1, 0.15) is 73.1 Å². The van der Waals surface area contributed by atoms with Gasteiger partial charge in [-0.3, -0.25) is 14.8 Å². The zero-order valence-electron chi connectivity index (χ0n) is 15.7. The lowest BCUT2D eigenvalue weighted by Crippen LogP contribution is -2.56. The molecule has 0 aromatic rings. The van der Waals surface area contributed by atoms with E-state index in [-0.39, 0.29) is 17.1 Å². The predicted molar refractivity (Wildman–Crippen MR) is 93.5 cm³/mol. The van der Waals surface area contributed by atoms with E-state index >= 15 is 0 Å². The lowest BCUT2D eigenvalue weighted by Gasteiger charge is -2.54. The molecule has 0 spiro atoms. The van der Waals surface area contributed by atoms with Gasteiger partial charge in [0.2, 0.25) is 0 Å². The molecule has 2 aliphatic rings. The van der Waals surface area contributed by atoms with Crippen LogP contribution in [0.2, 0.25) is 0 Å². The quantitative estimate of drug-likeness (QED) is 0.569. The minimum Gasteiger partial charge on any atom is -0.300 e. The zero-order chi connectivity index (χ0) is 18.1. The third-order valence-corrected chi connectivity index (χ3v) is 6.32. The first-order valence-electron chi connectivity index (χ1n) is 9.19. The van der Waals surface area contributed by atoms with E-state index in [1.807, 2.05) is 13.8 Å². The number of Topliss-reactive ketones (excluding diaryl/α,β-unsaturated/α-hetero) is 1. The van der Waals surface area contributed by atoms with Crippen LogP contribution in [-0.2, 0) is 14.5 Å². The molecule has 0 bridgehead atoms. The van der Waals surface area contributed by atoms with Gasteiger partial charge >= 0.3 is 0 Å². The fraction of sp³-hybridized carbons (Fsp3) is 0.800. The Morgan fingerprint density at radius 2 is 2.04 bits per heavy atom. The van der Waals surface area contributed by atoms with Crippen molar-refractivity contribution in [2.24, 2.45) is 23.2 Å². The molecule has 1 saturated carbocycles. The Hall–Kier alpha value is -1.00. The molecule has 0 saturated heterocycles. The lowest BCUT2D eigenvalue weighted by atomic mass is 9.53. The van der Waals surface area contributed by atoms with Gasteiger partial charge in [0.05, 0.1) is 0 Å². The van der Waals surface area contributed by atoms with E-state index in [1.54, 1.807) is 6.08 Å². The molecule has 2 aliphatic carbocycles. The molecule has 0 aromatic heterocycles. The van der Waals surface area contributed by atoms with Gasteiger partial charge in [-0.05, 0) is 55.6 Å². The van der Waals surface area contributed by atoms with Crippen molar-refractivity contribution in [2.75, 3.05) is 0 Å². The van der Waals surface area contributed by atoms with Crippen molar-refractivity contribution < 1.29 is 19.7 Å². The topological polar surface area (TPSA) is 63.6 Å². The summed E-state index contributed by atoms with van der Waals surface area (Å²) in [5.74, 6) is 1.40. The second-order valence-corrected chi connectivity index (χ2v) is 8.77. The van der Waals surface area contributed by atoms with Crippen LogP contribution in [0.5, 0.6) is 0 Å². The second-order valence-electron chi connectivity index (χ2n) is 8.77. The normalized spacial score (nSPS) is 34.7. The highest BCUT2D eigenvalue weighted by atomic mass is 17.1. The number of ketones is 2. The maximum absolute atomic E-state index is 12.2. The van der Waals surface area contributed by atoms with Gasteiger partial charge in [0, 0.05) is 24.7 Å². The standard InChI is InChI=1S/C20H32O4/c1-13(2)8-17(21)9-14(3)16-6-7-19(5)12-18(22)10-15(4)20(19,11-16)24-23/h10,13-14,16,23H,6-9,11-12H2,1-5H3/t14-,16+,19-,20+/m0/s1. The summed E-state index contributed by atoms with van der Waals surface area (Å²) < 4.78 is 0. The third kappa shape index (κ3) is 3.50. The van der Waals surface area contributed by atoms with Gasteiger partial charge < -0.3 is 0 Å². The average Bonchev–Trinajstić information content (AvgIpc) is 2.45. The number of carbonyl (C=O) groups excluding carboxylic acids is 2. The number of carbonyl (C=O) groups is 2. The Morgan fingerprint density at radius 1 is 1.38 bits per heavy atom. The first kappa shape index (κ1) is 19.3. The molecule has 0 heterocycles. The Labute approximate surface area is 145 Å². The minimum absolute atomic E-state index is 0.112. The zero-order valence-corrected chi connectivity index (χ0v) is 15.7. The highest BCUT2D eigenvalue weighted by Crippen LogP contribution is 2.57. The SMILES string of the molecule is CC1=CC(=O)C[C@]2(C)CC[C@@H]([C@@H](C)CC(=O)CC(C)C)C[C@@]12OO. The van der Waals surface area contributed by atoms with Crippen molar-refractivity contribution in [2.45, 2.75) is 78.7 Å². The first-order chi connectivity index (χ1) is 11.1. The molecule has 4 atom stereocenters. The van der Waals surface area contributed by atoms with E-state index in [1.165, 1.54) is 0 Å². The third-order valence-electron chi connectivity index (χ3n) is 6.32. The van der Waals surface area contributed by atoms with Crippen LogP contribution in [-0.4, -0.2) is 22.4 Å². The van der Waals surface area contributed by atoms with Gasteiger partial charge in [-0.1, -0.05) is 27.7 Å². The Balaban J connectivity index is 2.16. The summed E-state index contributed by atoms with van der Waals surface area (Å²) >= 11 is 0. The van der Waals surface area contributed by atoms with Crippen molar-refractivity contribution in [3.63, 3.8) is 0 Å². The molecular weight excluding hydrogens is 304 g/mol. The Bertz CT molecular complexity index is 536. The number of hydrogen-bond acceptors (Lipinski definition) is 4. The Kier molecular flexibility index (Phi) is 5.71. The monoisotopic (exact) mass is 336 g/mol. The molecule has 4 heteroatoms. The largest absolute Gasteiger partial charge is 0.300 e. The first-order valence-corrected chi connectivity index (χ1v) is 9.19. The molecular formula is C20H32O4. The fourth-order valence-corrected chi connectivity index (χ4v) is 4.85. The summed E-state index contributed by atoms with van der Waals surface area (Å²) in [5.41, 5.74) is -0.344. The van der Waals surface area contributed by atoms with Gasteiger partial charge in [-0.25, -0.2) is 4.89 Å². The smallest absolute Gasteiger partial charge is 0.156 e. The van der Waals surface area contributed by atoms with Crippen molar-refractivity contribution in [1.82, 2.24) is 0 Å². The summed E-state index contributed by atoms with van der Waals surface area (Å²) in [7, 11) is 0. The molecule has 1 fully saturated rings. The van der Waals surface area contributed by atoms with Gasteiger partial charge in [-0.15, -0.1) is 0 Å². The maximum Gasteiger partial charge on any atom is 0.156 e. The molecule has 0 radical (unpaired) electrons. The molecule has 0 aliphatic heterocycles. The summed E-state index contributed by atoms with van der Waals surface area (Å²) in [6, 6.07) is 0. The van der Waals surface area contributed by atoms with Gasteiger partial charge in [0.15, 0.2) is 5.78 Å². The second kappa shape index (κ2) is 7.09. The molecule has 1 N–H and O–H groups in total. The van der Waals surface area contributed by atoms with Crippen LogP contribution in [0.15, 0.2) is 11.6 Å². The van der Waals surface area contributed by atoms with Crippen LogP contribution >= 0.6 is 0 Å². The van der Waals surface area contributed by atoms with E-state index in [0.717, 1.165) is 18.4 Å². The lowest BCUT2D eigenvalue weighted by molar-refractivity contribution is -0.352. The fourth-order valence-electron chi connectivity index (χ4n) is 4.85. The molecule has 0 aromatic carbocycles. The van der Waals surface area contributed by atoms with Crippen LogP contribution in [0, 0.1) is 23.2 Å². The molecule has 0 amide bonds. The predicted octanol–water partition coefficient (Wildman–Crippen LogP) is 4.58. The number of hydrogen-bond donors (Lipinski definition) is 1. The van der Waals surface area contributed by atoms with E-state index < -0.39 is 5.60 Å². The number of allylic oxidation sites excluding steroid dienone is 1. The van der Waals surface area contributed by atoms with E-state index in [0.29, 0.717) is 43.3 Å². The Morgan fingerprint density at radius 3 is 2.62 bits per heavy atom. The van der Waals surface area contributed by atoms with Crippen molar-refractivity contribution in [3.05, 3.63) is 11.6 Å². The van der Waals surface area contributed by atoms with Crippen LogP contribution < -0.4 is 0 Å². The maximum atomic E-state index is 12.2. The molecule has 2 rings (SSSR count). The van der Waals surface area contributed by atoms with Crippen LogP contribution in [0.3, 0.4) is 0 Å². The van der Waals surface area contributed by atoms with Crippen LogP contribution in [0.25, 0.3) is 0 Å². The van der Waals surface area contributed by atoms with Crippen molar-refractivity contribution in [3.8, 4) is 0 Å². The molecule has 4 nitrogen and oxygen atoms in total. The van der Waals surface area contributed by atoms with E-state index in [9.17, 15) is 14.8 Å².